The monoisotopic (exact) mass is 550 g/mol. The number of hydrogen-bond acceptors (Lipinski definition) is 3. The minimum absolute atomic E-state index is 0. The van der Waals surface area contributed by atoms with Crippen LogP contribution in [-0.2, 0) is 32.1 Å². The van der Waals surface area contributed by atoms with Crippen LogP contribution in [-0.4, -0.2) is 33.8 Å². The van der Waals surface area contributed by atoms with Crippen molar-refractivity contribution in [2.75, 3.05) is 13.1 Å². The van der Waals surface area contributed by atoms with E-state index in [1.54, 1.807) is 0 Å². The summed E-state index contributed by atoms with van der Waals surface area (Å²) in [4.78, 5) is 4.47. The molecule has 0 unspecified atom stereocenters. The Morgan fingerprint density at radius 1 is 1.10 bits per heavy atom. The van der Waals surface area contributed by atoms with Gasteiger partial charge in [-0.15, -0.1) is 34.2 Å². The van der Waals surface area contributed by atoms with Crippen molar-refractivity contribution in [3.63, 3.8) is 0 Å². The first-order chi connectivity index (χ1) is 14.5. The third-order valence-electron chi connectivity index (χ3n) is 5.10. The zero-order chi connectivity index (χ0) is 21.4. The standard InChI is InChI=1S/C21H29F3N6.HI/c1-2-25-20(27-15-16-9-11-17(12-10-16)21(22,23)24)26-13-6-8-19-29-28-18-7-4-3-5-14-30(18)19;/h9-12H,2-8,13-15H2,1H3,(H2,25,26,27);1H. The molecule has 0 amide bonds. The number of hydrogen-bond donors (Lipinski definition) is 2. The van der Waals surface area contributed by atoms with Gasteiger partial charge in [0.25, 0.3) is 0 Å². The maximum absolute atomic E-state index is 12.7. The lowest BCUT2D eigenvalue weighted by Crippen LogP contribution is -2.37. The molecule has 10 heteroatoms. The average molecular weight is 550 g/mol. The molecule has 172 valence electrons. The molecule has 2 heterocycles. The molecule has 0 saturated heterocycles. The van der Waals surface area contributed by atoms with Crippen molar-refractivity contribution in [1.29, 1.82) is 0 Å². The minimum Gasteiger partial charge on any atom is -0.357 e. The van der Waals surface area contributed by atoms with Crippen LogP contribution in [0.5, 0.6) is 0 Å². The highest BCUT2D eigenvalue weighted by atomic mass is 127. The number of aliphatic imine (C=N–C) groups is 1. The predicted molar refractivity (Wildman–Crippen MR) is 126 cm³/mol. The lowest BCUT2D eigenvalue weighted by atomic mass is 10.1. The van der Waals surface area contributed by atoms with Crippen molar-refractivity contribution in [3.8, 4) is 0 Å². The first-order valence-corrected chi connectivity index (χ1v) is 10.6. The number of aromatic nitrogens is 3. The summed E-state index contributed by atoms with van der Waals surface area (Å²) < 4.78 is 40.3. The first kappa shape index (κ1) is 25.4. The molecule has 6 nitrogen and oxygen atoms in total. The summed E-state index contributed by atoms with van der Waals surface area (Å²) in [6.45, 7) is 4.71. The molecular formula is C21H30F3IN6. The number of halogens is 4. The molecule has 1 aromatic heterocycles. The maximum atomic E-state index is 12.7. The molecule has 0 bridgehead atoms. The third kappa shape index (κ3) is 7.65. The second-order valence-electron chi connectivity index (χ2n) is 7.41. The van der Waals surface area contributed by atoms with Gasteiger partial charge < -0.3 is 15.2 Å². The first-order valence-electron chi connectivity index (χ1n) is 10.6. The van der Waals surface area contributed by atoms with Crippen LogP contribution in [0.3, 0.4) is 0 Å². The van der Waals surface area contributed by atoms with E-state index in [4.69, 9.17) is 0 Å². The molecular weight excluding hydrogens is 520 g/mol. The van der Waals surface area contributed by atoms with E-state index in [1.807, 2.05) is 6.92 Å². The Balaban J connectivity index is 0.00000341. The van der Waals surface area contributed by atoms with Gasteiger partial charge in [0.15, 0.2) is 5.96 Å². The lowest BCUT2D eigenvalue weighted by molar-refractivity contribution is -0.137. The summed E-state index contributed by atoms with van der Waals surface area (Å²) >= 11 is 0. The van der Waals surface area contributed by atoms with Crippen molar-refractivity contribution in [1.82, 2.24) is 25.4 Å². The molecule has 0 spiro atoms. The Bertz CT molecular complexity index is 833. The second kappa shape index (κ2) is 12.3. The Morgan fingerprint density at radius 3 is 2.58 bits per heavy atom. The van der Waals surface area contributed by atoms with Crippen LogP contribution in [0.15, 0.2) is 29.3 Å². The van der Waals surface area contributed by atoms with E-state index in [9.17, 15) is 13.2 Å². The molecule has 0 atom stereocenters. The SMILES string of the molecule is CCNC(=NCc1ccc(C(F)(F)F)cc1)NCCCc1nnc2n1CCCCC2.I. The highest BCUT2D eigenvalue weighted by Gasteiger charge is 2.29. The highest BCUT2D eigenvalue weighted by Crippen LogP contribution is 2.29. The van der Waals surface area contributed by atoms with Gasteiger partial charge in [0.1, 0.15) is 11.6 Å². The quantitative estimate of drug-likeness (QED) is 0.233. The van der Waals surface area contributed by atoms with Gasteiger partial charge in [0.05, 0.1) is 12.1 Å². The van der Waals surface area contributed by atoms with Gasteiger partial charge in [-0.05, 0) is 43.9 Å². The molecule has 1 aliphatic heterocycles. The number of fused-ring (bicyclic) bond motifs is 1. The Hall–Kier alpha value is -1.85. The van der Waals surface area contributed by atoms with Crippen molar-refractivity contribution in [2.45, 2.75) is 64.7 Å². The topological polar surface area (TPSA) is 67.1 Å². The van der Waals surface area contributed by atoms with E-state index in [0.717, 1.165) is 61.7 Å². The van der Waals surface area contributed by atoms with Crippen LogP contribution in [0.2, 0.25) is 0 Å². The molecule has 0 radical (unpaired) electrons. The van der Waals surface area contributed by atoms with E-state index in [2.05, 4.69) is 30.4 Å². The van der Waals surface area contributed by atoms with Crippen LogP contribution in [0.1, 0.15) is 55.4 Å². The van der Waals surface area contributed by atoms with Gasteiger partial charge >= 0.3 is 6.18 Å². The predicted octanol–water partition coefficient (Wildman–Crippen LogP) is 4.33. The second-order valence-corrected chi connectivity index (χ2v) is 7.41. The summed E-state index contributed by atoms with van der Waals surface area (Å²) in [6.07, 6.45) is 2.03. The van der Waals surface area contributed by atoms with Crippen LogP contribution in [0.25, 0.3) is 0 Å². The number of alkyl halides is 3. The Kier molecular flexibility index (Phi) is 10.0. The van der Waals surface area contributed by atoms with E-state index < -0.39 is 11.7 Å². The van der Waals surface area contributed by atoms with Crippen molar-refractivity contribution in [3.05, 3.63) is 47.0 Å². The third-order valence-corrected chi connectivity index (χ3v) is 5.10. The molecule has 3 rings (SSSR count). The molecule has 1 aromatic carbocycles. The summed E-state index contributed by atoms with van der Waals surface area (Å²) in [5.74, 6) is 2.79. The largest absolute Gasteiger partial charge is 0.416 e. The fourth-order valence-corrected chi connectivity index (χ4v) is 3.49. The minimum atomic E-state index is -4.32. The number of rotatable bonds is 7. The van der Waals surface area contributed by atoms with Crippen LogP contribution >= 0.6 is 24.0 Å². The summed E-state index contributed by atoms with van der Waals surface area (Å²) in [6, 6.07) is 5.11. The van der Waals surface area contributed by atoms with Gasteiger partial charge in [-0.1, -0.05) is 18.6 Å². The molecule has 1 aliphatic rings. The number of nitrogens with one attached hydrogen (secondary N) is 2. The van der Waals surface area contributed by atoms with Crippen LogP contribution in [0.4, 0.5) is 13.2 Å². The number of benzene rings is 1. The van der Waals surface area contributed by atoms with Crippen LogP contribution < -0.4 is 10.6 Å². The van der Waals surface area contributed by atoms with E-state index in [1.165, 1.54) is 31.4 Å². The molecule has 2 N–H and O–H groups in total. The Labute approximate surface area is 198 Å². The normalized spacial score (nSPS) is 14.4. The highest BCUT2D eigenvalue weighted by molar-refractivity contribution is 14.0. The van der Waals surface area contributed by atoms with E-state index >= 15 is 0 Å². The maximum Gasteiger partial charge on any atom is 0.416 e. The van der Waals surface area contributed by atoms with Gasteiger partial charge in [-0.25, -0.2) is 4.99 Å². The summed E-state index contributed by atoms with van der Waals surface area (Å²) in [5.41, 5.74) is 0.0815. The molecule has 0 saturated carbocycles. The Morgan fingerprint density at radius 2 is 1.87 bits per heavy atom. The van der Waals surface area contributed by atoms with E-state index in [-0.39, 0.29) is 24.0 Å². The van der Waals surface area contributed by atoms with Gasteiger partial charge in [0, 0.05) is 32.5 Å². The number of aryl methyl sites for hydroxylation is 2. The lowest BCUT2D eigenvalue weighted by Gasteiger charge is -2.12. The fourth-order valence-electron chi connectivity index (χ4n) is 3.49. The smallest absolute Gasteiger partial charge is 0.357 e. The zero-order valence-corrected chi connectivity index (χ0v) is 20.0. The molecule has 2 aromatic rings. The average Bonchev–Trinajstić information content (AvgIpc) is 2.94. The summed E-state index contributed by atoms with van der Waals surface area (Å²) in [7, 11) is 0. The molecule has 0 aliphatic carbocycles. The van der Waals surface area contributed by atoms with Crippen molar-refractivity contribution < 1.29 is 13.2 Å². The fraction of sp³-hybridized carbons (Fsp3) is 0.571. The zero-order valence-electron chi connectivity index (χ0n) is 17.7. The number of guanidine groups is 1. The number of nitrogens with zero attached hydrogens (tertiary/aromatic N) is 4. The van der Waals surface area contributed by atoms with Crippen molar-refractivity contribution >= 4 is 29.9 Å². The van der Waals surface area contributed by atoms with Gasteiger partial charge in [-0.2, -0.15) is 13.2 Å². The van der Waals surface area contributed by atoms with E-state index in [0.29, 0.717) is 19.0 Å². The van der Waals surface area contributed by atoms with Gasteiger partial charge in [0.2, 0.25) is 0 Å². The van der Waals surface area contributed by atoms with Crippen LogP contribution in [0, 0.1) is 0 Å². The molecule has 0 fully saturated rings. The summed E-state index contributed by atoms with van der Waals surface area (Å²) in [5, 5.41) is 15.1. The van der Waals surface area contributed by atoms with Gasteiger partial charge in [-0.3, -0.25) is 0 Å². The molecule has 31 heavy (non-hydrogen) atoms. The van der Waals surface area contributed by atoms with Crippen molar-refractivity contribution in [2.24, 2.45) is 4.99 Å².